The molecule has 1 amide bonds. The SMILES string of the molecule is COc1cc(CC(NC(=O)OCC2c3ccccc3-c3ccccc32)C(=O)O)ccc1OCc1c(F)cccc1Cl. The molecule has 1 aliphatic carbocycles. The molecule has 0 heterocycles. The van der Waals surface area contributed by atoms with Crippen LogP contribution < -0.4 is 14.8 Å². The van der Waals surface area contributed by atoms with Crippen molar-refractivity contribution in [3.63, 3.8) is 0 Å². The van der Waals surface area contributed by atoms with Gasteiger partial charge in [-0.2, -0.15) is 0 Å². The first-order chi connectivity index (χ1) is 19.9. The lowest BCUT2D eigenvalue weighted by Gasteiger charge is -2.18. The minimum Gasteiger partial charge on any atom is -0.493 e. The smallest absolute Gasteiger partial charge is 0.407 e. The Morgan fingerprint density at radius 2 is 1.63 bits per heavy atom. The second-order valence-corrected chi connectivity index (χ2v) is 9.95. The third kappa shape index (κ3) is 6.12. The largest absolute Gasteiger partial charge is 0.493 e. The summed E-state index contributed by atoms with van der Waals surface area (Å²) >= 11 is 6.08. The molecule has 1 aliphatic rings. The Bertz CT molecular complexity index is 1530. The highest BCUT2D eigenvalue weighted by molar-refractivity contribution is 6.31. The number of fused-ring (bicyclic) bond motifs is 3. The van der Waals surface area contributed by atoms with Gasteiger partial charge in [0.05, 0.1) is 12.1 Å². The maximum atomic E-state index is 14.1. The number of carbonyl (C=O) groups excluding carboxylic acids is 1. The monoisotopic (exact) mass is 575 g/mol. The fraction of sp³-hybridized carbons (Fsp3) is 0.188. The van der Waals surface area contributed by atoms with E-state index < -0.39 is 23.9 Å². The lowest BCUT2D eigenvalue weighted by atomic mass is 9.98. The van der Waals surface area contributed by atoms with Crippen molar-refractivity contribution in [2.45, 2.75) is 25.0 Å². The van der Waals surface area contributed by atoms with Crippen molar-refractivity contribution in [2.75, 3.05) is 13.7 Å². The number of aliphatic carboxylic acids is 1. The Kier molecular flexibility index (Phi) is 8.40. The number of carboxylic acid groups (broad SMARTS) is 1. The van der Waals surface area contributed by atoms with E-state index >= 15 is 0 Å². The molecule has 1 atom stereocenters. The average Bonchev–Trinajstić information content (AvgIpc) is 3.29. The molecule has 0 aliphatic heterocycles. The number of nitrogens with one attached hydrogen (secondary N) is 1. The number of rotatable bonds is 10. The van der Waals surface area contributed by atoms with Gasteiger partial charge in [-0.25, -0.2) is 14.0 Å². The maximum absolute atomic E-state index is 14.1. The molecule has 0 bridgehead atoms. The molecule has 2 N–H and O–H groups in total. The number of carbonyl (C=O) groups is 2. The van der Waals surface area contributed by atoms with E-state index in [-0.39, 0.29) is 36.1 Å². The molecule has 1 unspecified atom stereocenters. The molecule has 9 heteroatoms. The number of benzene rings is 4. The standard InChI is InChI=1S/C32H27ClFNO6/c1-39-30-16-19(13-14-29(30)40-18-25-26(33)11-6-12-27(25)34)15-28(31(36)37)35-32(38)41-17-24-22-9-4-2-7-20(22)21-8-3-5-10-23(21)24/h2-14,16,24,28H,15,17-18H2,1H3,(H,35,38)(H,36,37). The van der Waals surface area contributed by atoms with Crippen molar-refractivity contribution in [1.29, 1.82) is 0 Å². The van der Waals surface area contributed by atoms with Crippen molar-refractivity contribution in [1.82, 2.24) is 5.32 Å². The molecular formula is C32H27ClFNO6. The molecule has 0 spiro atoms. The summed E-state index contributed by atoms with van der Waals surface area (Å²) in [7, 11) is 1.44. The number of halogens is 2. The van der Waals surface area contributed by atoms with Gasteiger partial charge in [0.2, 0.25) is 0 Å². The topological polar surface area (TPSA) is 94.1 Å². The summed E-state index contributed by atoms with van der Waals surface area (Å²) in [6.07, 6.45) is -0.858. The zero-order valence-corrected chi connectivity index (χ0v) is 22.9. The number of alkyl carbamates (subject to hydrolysis) is 1. The van der Waals surface area contributed by atoms with Gasteiger partial charge in [-0.15, -0.1) is 0 Å². The van der Waals surface area contributed by atoms with Crippen molar-refractivity contribution >= 4 is 23.7 Å². The molecule has 0 aromatic heterocycles. The fourth-order valence-corrected chi connectivity index (χ4v) is 5.21. The minimum absolute atomic E-state index is 0.0324. The van der Waals surface area contributed by atoms with E-state index in [2.05, 4.69) is 5.32 Å². The summed E-state index contributed by atoms with van der Waals surface area (Å²) in [5.41, 5.74) is 5.09. The molecule has 4 aromatic carbocycles. The summed E-state index contributed by atoms with van der Waals surface area (Å²) in [6, 6.07) is 23.9. The van der Waals surface area contributed by atoms with Crippen LogP contribution in [0.2, 0.25) is 5.02 Å². The molecule has 41 heavy (non-hydrogen) atoms. The van der Waals surface area contributed by atoms with Crippen LogP contribution in [0.1, 0.15) is 28.2 Å². The third-order valence-electron chi connectivity index (χ3n) is 7.04. The van der Waals surface area contributed by atoms with Gasteiger partial charge in [-0.1, -0.05) is 72.3 Å². The van der Waals surface area contributed by atoms with E-state index in [0.29, 0.717) is 17.1 Å². The molecule has 0 radical (unpaired) electrons. The van der Waals surface area contributed by atoms with Crippen molar-refractivity contribution in [3.8, 4) is 22.6 Å². The van der Waals surface area contributed by atoms with Crippen LogP contribution >= 0.6 is 11.6 Å². The van der Waals surface area contributed by atoms with Gasteiger partial charge in [0, 0.05) is 17.9 Å². The van der Waals surface area contributed by atoms with Gasteiger partial charge in [0.15, 0.2) is 11.5 Å². The van der Waals surface area contributed by atoms with Gasteiger partial charge in [0.1, 0.15) is 25.1 Å². The predicted octanol–water partition coefficient (Wildman–Crippen LogP) is 6.60. The zero-order chi connectivity index (χ0) is 28.9. The van der Waals surface area contributed by atoms with Crippen LogP contribution in [-0.2, 0) is 22.6 Å². The van der Waals surface area contributed by atoms with E-state index in [0.717, 1.165) is 22.3 Å². The first-order valence-corrected chi connectivity index (χ1v) is 13.3. The van der Waals surface area contributed by atoms with Gasteiger partial charge >= 0.3 is 12.1 Å². The number of methoxy groups -OCH3 is 1. The number of hydrogen-bond donors (Lipinski definition) is 2. The lowest BCUT2D eigenvalue weighted by molar-refractivity contribution is -0.139. The van der Waals surface area contributed by atoms with Crippen molar-refractivity contribution in [2.24, 2.45) is 0 Å². The van der Waals surface area contributed by atoms with Gasteiger partial charge < -0.3 is 24.6 Å². The van der Waals surface area contributed by atoms with Crippen LogP contribution in [0.4, 0.5) is 9.18 Å². The molecule has 7 nitrogen and oxygen atoms in total. The van der Waals surface area contributed by atoms with Crippen LogP contribution in [-0.4, -0.2) is 36.9 Å². The Morgan fingerprint density at radius 3 is 2.27 bits per heavy atom. The molecule has 0 fully saturated rings. The average molecular weight is 576 g/mol. The first-order valence-electron chi connectivity index (χ1n) is 12.9. The van der Waals surface area contributed by atoms with E-state index in [1.54, 1.807) is 24.3 Å². The highest BCUT2D eigenvalue weighted by atomic mass is 35.5. The normalized spacial score (nSPS) is 12.7. The highest BCUT2D eigenvalue weighted by Crippen LogP contribution is 2.44. The Morgan fingerprint density at radius 1 is 0.951 bits per heavy atom. The maximum Gasteiger partial charge on any atom is 0.407 e. The summed E-state index contributed by atoms with van der Waals surface area (Å²) < 4.78 is 30.7. The summed E-state index contributed by atoms with van der Waals surface area (Å²) in [5, 5.41) is 12.5. The Hall–Kier alpha value is -4.56. The summed E-state index contributed by atoms with van der Waals surface area (Å²) in [6.45, 7) is -0.0552. The number of carboxylic acids is 1. The van der Waals surface area contributed by atoms with E-state index in [1.165, 1.54) is 19.2 Å². The Balaban J connectivity index is 1.22. The van der Waals surface area contributed by atoms with E-state index in [4.69, 9.17) is 25.8 Å². The Labute approximate surface area is 241 Å². The third-order valence-corrected chi connectivity index (χ3v) is 7.39. The van der Waals surface area contributed by atoms with E-state index in [1.807, 2.05) is 48.5 Å². The quantitative estimate of drug-likeness (QED) is 0.221. The van der Waals surface area contributed by atoms with E-state index in [9.17, 15) is 19.1 Å². The molecule has 0 saturated heterocycles. The number of amides is 1. The predicted molar refractivity (Wildman–Crippen MR) is 152 cm³/mol. The van der Waals surface area contributed by atoms with Crippen LogP contribution in [0, 0.1) is 5.82 Å². The molecule has 210 valence electrons. The first kappa shape index (κ1) is 28.0. The zero-order valence-electron chi connectivity index (χ0n) is 22.1. The van der Waals surface area contributed by atoms with Crippen molar-refractivity contribution < 1.29 is 33.3 Å². The van der Waals surface area contributed by atoms with Crippen LogP contribution in [0.5, 0.6) is 11.5 Å². The summed E-state index contributed by atoms with van der Waals surface area (Å²) in [4.78, 5) is 24.7. The summed E-state index contributed by atoms with van der Waals surface area (Å²) in [5.74, 6) is -1.21. The highest BCUT2D eigenvalue weighted by Gasteiger charge is 2.30. The molecule has 4 aromatic rings. The number of ether oxygens (including phenoxy) is 3. The fourth-order valence-electron chi connectivity index (χ4n) is 5.00. The molecule has 0 saturated carbocycles. The van der Waals surface area contributed by atoms with Crippen LogP contribution in [0.25, 0.3) is 11.1 Å². The molecular weight excluding hydrogens is 549 g/mol. The second kappa shape index (κ2) is 12.3. The van der Waals surface area contributed by atoms with Crippen LogP contribution in [0.15, 0.2) is 84.9 Å². The second-order valence-electron chi connectivity index (χ2n) is 9.54. The molecule has 5 rings (SSSR count). The van der Waals surface area contributed by atoms with Gasteiger partial charge in [-0.05, 0) is 52.1 Å². The van der Waals surface area contributed by atoms with Gasteiger partial charge in [-0.3, -0.25) is 0 Å². The number of hydrogen-bond acceptors (Lipinski definition) is 5. The van der Waals surface area contributed by atoms with Crippen LogP contribution in [0.3, 0.4) is 0 Å². The lowest BCUT2D eigenvalue weighted by Crippen LogP contribution is -2.42. The van der Waals surface area contributed by atoms with Gasteiger partial charge in [0.25, 0.3) is 0 Å². The minimum atomic E-state index is -1.25. The van der Waals surface area contributed by atoms with Crippen molar-refractivity contribution in [3.05, 3.63) is 118 Å².